The Morgan fingerprint density at radius 2 is 1.69 bits per heavy atom. The Bertz CT molecular complexity index is 1350. The number of hydrogen-bond donors (Lipinski definition) is 2. The Kier molecular flexibility index (Phi) is 5.39. The Hall–Kier alpha value is -3.97. The van der Waals surface area contributed by atoms with Gasteiger partial charge in [-0.25, -0.2) is 9.67 Å². The van der Waals surface area contributed by atoms with E-state index in [9.17, 15) is 0 Å². The fourth-order valence-electron chi connectivity index (χ4n) is 3.50. The first-order valence-corrected chi connectivity index (χ1v) is 10.5. The number of fused-ring (bicyclic) bond motifs is 1. The monoisotopic (exact) mass is 441 g/mol. The number of pyridine rings is 1. The molecule has 0 unspecified atom stereocenters. The van der Waals surface area contributed by atoms with Crippen molar-refractivity contribution < 1.29 is 0 Å². The van der Waals surface area contributed by atoms with Gasteiger partial charge in [0.25, 0.3) is 0 Å². The standard InChI is InChI=1S/C24H20ClN7/c25-18-11-9-17(10-12-18)21-20-22(26)32(15-16-6-2-1-3-7-16)31-23(20)30-24(29-21)28-14-19-8-4-5-13-27-19/h1-13H,14-15,26H2,(H,28,30,31). The van der Waals surface area contributed by atoms with Crippen LogP contribution in [0.1, 0.15) is 11.3 Å². The maximum atomic E-state index is 6.53. The Morgan fingerprint density at radius 1 is 0.906 bits per heavy atom. The van der Waals surface area contributed by atoms with Gasteiger partial charge >= 0.3 is 0 Å². The number of halogens is 1. The molecule has 0 spiro atoms. The lowest BCUT2D eigenvalue weighted by Gasteiger charge is -2.09. The number of anilines is 2. The van der Waals surface area contributed by atoms with Gasteiger partial charge in [0.15, 0.2) is 5.65 Å². The topological polar surface area (TPSA) is 94.5 Å². The molecule has 0 amide bonds. The van der Waals surface area contributed by atoms with Crippen LogP contribution in [-0.4, -0.2) is 24.7 Å². The molecule has 0 saturated carbocycles. The summed E-state index contributed by atoms with van der Waals surface area (Å²) in [5.41, 5.74) is 10.6. The van der Waals surface area contributed by atoms with Crippen molar-refractivity contribution in [2.45, 2.75) is 13.1 Å². The predicted molar refractivity (Wildman–Crippen MR) is 127 cm³/mol. The SMILES string of the molecule is Nc1c2c(-c3ccc(Cl)cc3)nc(NCc3ccccn3)nc2nn1Cc1ccccc1. The van der Waals surface area contributed by atoms with Gasteiger partial charge in [-0.2, -0.15) is 4.98 Å². The van der Waals surface area contributed by atoms with Crippen LogP contribution in [0.4, 0.5) is 11.8 Å². The maximum Gasteiger partial charge on any atom is 0.225 e. The summed E-state index contributed by atoms with van der Waals surface area (Å²) < 4.78 is 1.76. The lowest BCUT2D eigenvalue weighted by atomic mass is 10.1. The van der Waals surface area contributed by atoms with Gasteiger partial charge in [-0.3, -0.25) is 4.98 Å². The molecule has 0 atom stereocenters. The van der Waals surface area contributed by atoms with Crippen LogP contribution in [0.3, 0.4) is 0 Å². The third-order valence-corrected chi connectivity index (χ3v) is 5.34. The zero-order valence-electron chi connectivity index (χ0n) is 17.1. The lowest BCUT2D eigenvalue weighted by molar-refractivity contribution is 0.703. The van der Waals surface area contributed by atoms with E-state index in [2.05, 4.69) is 20.4 Å². The number of nitrogens with zero attached hydrogens (tertiary/aromatic N) is 5. The molecule has 3 heterocycles. The van der Waals surface area contributed by atoms with E-state index in [1.54, 1.807) is 10.9 Å². The van der Waals surface area contributed by atoms with Crippen LogP contribution < -0.4 is 11.1 Å². The van der Waals surface area contributed by atoms with Crippen LogP contribution in [0.25, 0.3) is 22.3 Å². The number of nitrogen functional groups attached to an aromatic ring is 1. The first kappa shape index (κ1) is 20.0. The summed E-state index contributed by atoms with van der Waals surface area (Å²) in [4.78, 5) is 13.7. The fourth-order valence-corrected chi connectivity index (χ4v) is 3.63. The average molecular weight is 442 g/mol. The van der Waals surface area contributed by atoms with Gasteiger partial charge in [0, 0.05) is 16.8 Å². The second-order valence-corrected chi connectivity index (χ2v) is 7.74. The molecule has 5 aromatic rings. The molecule has 0 aliphatic rings. The van der Waals surface area contributed by atoms with Crippen molar-refractivity contribution in [2.75, 3.05) is 11.1 Å². The highest BCUT2D eigenvalue weighted by molar-refractivity contribution is 6.30. The number of rotatable bonds is 6. The maximum absolute atomic E-state index is 6.53. The second-order valence-electron chi connectivity index (χ2n) is 7.30. The van der Waals surface area contributed by atoms with Crippen LogP contribution in [-0.2, 0) is 13.1 Å². The van der Waals surface area contributed by atoms with Gasteiger partial charge in [0.05, 0.1) is 29.9 Å². The Morgan fingerprint density at radius 3 is 2.44 bits per heavy atom. The summed E-state index contributed by atoms with van der Waals surface area (Å²) in [6.45, 7) is 1.03. The quantitative estimate of drug-likeness (QED) is 0.393. The van der Waals surface area contributed by atoms with E-state index in [0.29, 0.717) is 46.6 Å². The minimum atomic E-state index is 0.456. The van der Waals surface area contributed by atoms with E-state index in [-0.39, 0.29) is 0 Å². The molecule has 8 heteroatoms. The van der Waals surface area contributed by atoms with Gasteiger partial charge in [0.2, 0.25) is 5.95 Å². The molecular formula is C24H20ClN7. The highest BCUT2D eigenvalue weighted by Gasteiger charge is 2.18. The lowest BCUT2D eigenvalue weighted by Crippen LogP contribution is -2.06. The van der Waals surface area contributed by atoms with Crippen molar-refractivity contribution in [3.63, 3.8) is 0 Å². The molecule has 0 bridgehead atoms. The van der Waals surface area contributed by atoms with E-state index in [1.807, 2.05) is 72.8 Å². The average Bonchev–Trinajstić information content (AvgIpc) is 3.14. The van der Waals surface area contributed by atoms with Crippen molar-refractivity contribution >= 4 is 34.4 Å². The molecule has 158 valence electrons. The van der Waals surface area contributed by atoms with E-state index in [1.165, 1.54) is 0 Å². The van der Waals surface area contributed by atoms with Crippen LogP contribution in [0.15, 0.2) is 79.0 Å². The summed E-state index contributed by atoms with van der Waals surface area (Å²) in [6.07, 6.45) is 1.76. The van der Waals surface area contributed by atoms with Gasteiger partial charge in [-0.15, -0.1) is 5.10 Å². The van der Waals surface area contributed by atoms with Gasteiger partial charge in [-0.1, -0.05) is 60.1 Å². The Labute approximate surface area is 189 Å². The first-order chi connectivity index (χ1) is 15.7. The summed E-state index contributed by atoms with van der Waals surface area (Å²) in [7, 11) is 0. The molecule has 0 fully saturated rings. The van der Waals surface area contributed by atoms with Crippen molar-refractivity contribution in [3.8, 4) is 11.3 Å². The van der Waals surface area contributed by atoms with E-state index in [0.717, 1.165) is 16.8 Å². The zero-order chi connectivity index (χ0) is 21.9. The molecule has 5 rings (SSSR count). The van der Waals surface area contributed by atoms with Crippen molar-refractivity contribution in [1.29, 1.82) is 0 Å². The summed E-state index contributed by atoms with van der Waals surface area (Å²) in [6, 6.07) is 23.3. The van der Waals surface area contributed by atoms with Gasteiger partial charge < -0.3 is 11.1 Å². The number of aromatic nitrogens is 5. The molecule has 3 N–H and O–H groups in total. The van der Waals surface area contributed by atoms with Crippen LogP contribution in [0.2, 0.25) is 5.02 Å². The molecule has 2 aromatic carbocycles. The molecule has 0 aliphatic carbocycles. The predicted octanol–water partition coefficient (Wildman–Crippen LogP) is 4.78. The van der Waals surface area contributed by atoms with Crippen LogP contribution in [0.5, 0.6) is 0 Å². The first-order valence-electron chi connectivity index (χ1n) is 10.1. The largest absolute Gasteiger partial charge is 0.383 e. The Balaban J connectivity index is 1.58. The molecule has 7 nitrogen and oxygen atoms in total. The van der Waals surface area contributed by atoms with Crippen molar-refractivity contribution in [1.82, 2.24) is 24.7 Å². The summed E-state index contributed by atoms with van der Waals surface area (Å²) in [5.74, 6) is 0.975. The minimum absolute atomic E-state index is 0.456. The number of benzene rings is 2. The van der Waals surface area contributed by atoms with E-state index in [4.69, 9.17) is 22.3 Å². The summed E-state index contributed by atoms with van der Waals surface area (Å²) in [5, 5.41) is 9.31. The highest BCUT2D eigenvalue weighted by Crippen LogP contribution is 2.32. The van der Waals surface area contributed by atoms with Gasteiger partial charge in [0.1, 0.15) is 5.82 Å². The van der Waals surface area contributed by atoms with E-state index < -0.39 is 0 Å². The molecule has 3 aromatic heterocycles. The fraction of sp³-hybridized carbons (Fsp3) is 0.0833. The normalized spacial score (nSPS) is 11.0. The molecule has 32 heavy (non-hydrogen) atoms. The molecule has 0 aliphatic heterocycles. The molecule has 0 saturated heterocycles. The van der Waals surface area contributed by atoms with Crippen LogP contribution in [0, 0.1) is 0 Å². The second kappa shape index (κ2) is 8.64. The number of nitrogens with one attached hydrogen (secondary N) is 1. The number of nitrogens with two attached hydrogens (primary N) is 1. The third-order valence-electron chi connectivity index (χ3n) is 5.09. The van der Waals surface area contributed by atoms with Crippen molar-refractivity contribution in [3.05, 3.63) is 95.3 Å². The van der Waals surface area contributed by atoms with Gasteiger partial charge in [-0.05, 0) is 29.8 Å². The highest BCUT2D eigenvalue weighted by atomic mass is 35.5. The zero-order valence-corrected chi connectivity index (χ0v) is 17.9. The minimum Gasteiger partial charge on any atom is -0.383 e. The molecule has 0 radical (unpaired) electrons. The summed E-state index contributed by atoms with van der Waals surface area (Å²) >= 11 is 6.10. The number of hydrogen-bond acceptors (Lipinski definition) is 6. The molecular weight excluding hydrogens is 422 g/mol. The van der Waals surface area contributed by atoms with E-state index >= 15 is 0 Å². The van der Waals surface area contributed by atoms with Crippen LogP contribution >= 0.6 is 11.6 Å². The smallest absolute Gasteiger partial charge is 0.225 e. The third kappa shape index (κ3) is 4.10. The van der Waals surface area contributed by atoms with Crippen molar-refractivity contribution in [2.24, 2.45) is 0 Å².